The third kappa shape index (κ3) is 2.83. The summed E-state index contributed by atoms with van der Waals surface area (Å²) in [6, 6.07) is 5.59. The van der Waals surface area contributed by atoms with E-state index in [1.165, 1.54) is 12.3 Å². The van der Waals surface area contributed by atoms with Crippen LogP contribution in [0, 0.1) is 18.3 Å². The van der Waals surface area contributed by atoms with Crippen LogP contribution in [0.25, 0.3) is 11.7 Å². The van der Waals surface area contributed by atoms with E-state index >= 15 is 0 Å². The van der Waals surface area contributed by atoms with Crippen LogP contribution < -0.4 is 4.74 Å². The van der Waals surface area contributed by atoms with Gasteiger partial charge in [-0.2, -0.15) is 10.2 Å². The average molecular weight is 297 g/mol. The summed E-state index contributed by atoms with van der Waals surface area (Å²) >= 11 is 0. The molecule has 0 unspecified atom stereocenters. The monoisotopic (exact) mass is 297 g/mol. The van der Waals surface area contributed by atoms with Crippen molar-refractivity contribution >= 4 is 17.7 Å². The zero-order valence-corrected chi connectivity index (χ0v) is 12.4. The molecule has 0 saturated heterocycles. The van der Waals surface area contributed by atoms with E-state index in [9.17, 15) is 4.79 Å². The number of rotatable bonds is 5. The first-order chi connectivity index (χ1) is 10.6. The standard InChI is InChI=1S/C16H15N3O3/c1-4-21-15-13(9-12(10-17)16(20)22-5-2)19-8-6-7-11(3)14(19)18-15/h4,6-9H,1,5H2,2-3H3. The van der Waals surface area contributed by atoms with Crippen LogP contribution in [0.2, 0.25) is 0 Å². The van der Waals surface area contributed by atoms with E-state index in [-0.39, 0.29) is 18.1 Å². The van der Waals surface area contributed by atoms with Crippen molar-refractivity contribution in [2.24, 2.45) is 0 Å². The number of pyridine rings is 1. The largest absolute Gasteiger partial charge is 0.462 e. The van der Waals surface area contributed by atoms with Crippen LogP contribution >= 0.6 is 0 Å². The number of ether oxygens (including phenoxy) is 2. The summed E-state index contributed by atoms with van der Waals surface area (Å²) in [6.45, 7) is 7.28. The fourth-order valence-corrected chi connectivity index (χ4v) is 1.98. The highest BCUT2D eigenvalue weighted by atomic mass is 16.5. The van der Waals surface area contributed by atoms with E-state index in [1.807, 2.05) is 25.1 Å². The minimum atomic E-state index is -0.683. The second-order valence-electron chi connectivity index (χ2n) is 4.36. The Labute approximate surface area is 127 Å². The lowest BCUT2D eigenvalue weighted by atomic mass is 10.2. The Kier molecular flexibility index (Phi) is 4.59. The maximum absolute atomic E-state index is 11.8. The predicted molar refractivity (Wildman–Crippen MR) is 81.0 cm³/mol. The number of carbonyl (C=O) groups is 1. The Bertz CT molecular complexity index is 797. The van der Waals surface area contributed by atoms with Crippen molar-refractivity contribution in [2.45, 2.75) is 13.8 Å². The van der Waals surface area contributed by atoms with E-state index in [2.05, 4.69) is 11.6 Å². The number of esters is 1. The van der Waals surface area contributed by atoms with Gasteiger partial charge in [0.05, 0.1) is 12.9 Å². The van der Waals surface area contributed by atoms with Crippen molar-refractivity contribution in [3.8, 4) is 11.9 Å². The molecule has 6 nitrogen and oxygen atoms in total. The van der Waals surface area contributed by atoms with Crippen LogP contribution in [0.15, 0.2) is 36.7 Å². The molecule has 0 aliphatic carbocycles. The molecule has 0 bridgehead atoms. The lowest BCUT2D eigenvalue weighted by Gasteiger charge is -2.02. The van der Waals surface area contributed by atoms with Crippen molar-refractivity contribution in [3.05, 3.63) is 48.0 Å². The molecule has 2 rings (SSSR count). The normalized spacial score (nSPS) is 11.0. The van der Waals surface area contributed by atoms with Crippen molar-refractivity contribution < 1.29 is 14.3 Å². The Morgan fingerprint density at radius 1 is 1.59 bits per heavy atom. The maximum Gasteiger partial charge on any atom is 0.348 e. The molecule has 0 spiro atoms. The number of hydrogen-bond acceptors (Lipinski definition) is 5. The molecular weight excluding hydrogens is 282 g/mol. The molecule has 0 radical (unpaired) electrons. The van der Waals surface area contributed by atoms with Crippen molar-refractivity contribution in [3.63, 3.8) is 0 Å². The van der Waals surface area contributed by atoms with Crippen LogP contribution in [0.5, 0.6) is 5.88 Å². The lowest BCUT2D eigenvalue weighted by molar-refractivity contribution is -0.137. The number of carbonyl (C=O) groups excluding carboxylic acids is 1. The molecule has 2 aromatic heterocycles. The van der Waals surface area contributed by atoms with Gasteiger partial charge in [0.1, 0.15) is 23.0 Å². The van der Waals surface area contributed by atoms with E-state index in [4.69, 9.17) is 14.7 Å². The Balaban J connectivity index is 2.64. The van der Waals surface area contributed by atoms with Crippen LogP contribution in [0.3, 0.4) is 0 Å². The first-order valence-corrected chi connectivity index (χ1v) is 6.66. The zero-order valence-electron chi connectivity index (χ0n) is 12.4. The Hall–Kier alpha value is -3.07. The molecule has 0 amide bonds. The number of fused-ring (bicyclic) bond motifs is 1. The summed E-state index contributed by atoms with van der Waals surface area (Å²) in [7, 11) is 0. The minimum Gasteiger partial charge on any atom is -0.462 e. The predicted octanol–water partition coefficient (Wildman–Crippen LogP) is 2.64. The molecule has 0 atom stereocenters. The summed E-state index contributed by atoms with van der Waals surface area (Å²) in [4.78, 5) is 16.1. The topological polar surface area (TPSA) is 76.6 Å². The van der Waals surface area contributed by atoms with Crippen molar-refractivity contribution in [2.75, 3.05) is 6.61 Å². The van der Waals surface area contributed by atoms with E-state index in [0.29, 0.717) is 11.3 Å². The van der Waals surface area contributed by atoms with E-state index < -0.39 is 5.97 Å². The summed E-state index contributed by atoms with van der Waals surface area (Å²) in [5, 5.41) is 9.16. The number of imidazole rings is 1. The maximum atomic E-state index is 11.8. The molecule has 2 heterocycles. The highest BCUT2D eigenvalue weighted by Crippen LogP contribution is 2.24. The minimum absolute atomic E-state index is 0.126. The Morgan fingerprint density at radius 2 is 2.36 bits per heavy atom. The van der Waals surface area contributed by atoms with Crippen LogP contribution in [-0.2, 0) is 9.53 Å². The highest BCUT2D eigenvalue weighted by molar-refractivity contribution is 5.98. The smallest absolute Gasteiger partial charge is 0.348 e. The van der Waals surface area contributed by atoms with Crippen LogP contribution in [-0.4, -0.2) is 22.0 Å². The van der Waals surface area contributed by atoms with Gasteiger partial charge in [0.25, 0.3) is 0 Å². The highest BCUT2D eigenvalue weighted by Gasteiger charge is 2.17. The van der Waals surface area contributed by atoms with Gasteiger partial charge in [-0.05, 0) is 31.6 Å². The summed E-state index contributed by atoms with van der Waals surface area (Å²) in [6.07, 6.45) is 4.42. The second-order valence-corrected chi connectivity index (χ2v) is 4.36. The third-order valence-corrected chi connectivity index (χ3v) is 2.94. The summed E-state index contributed by atoms with van der Waals surface area (Å²) in [5.41, 5.74) is 1.96. The lowest BCUT2D eigenvalue weighted by Crippen LogP contribution is -2.06. The molecule has 0 aliphatic heterocycles. The first kappa shape index (κ1) is 15.3. The van der Waals surface area contributed by atoms with Gasteiger partial charge in [0.15, 0.2) is 0 Å². The fourth-order valence-electron chi connectivity index (χ4n) is 1.98. The zero-order chi connectivity index (χ0) is 16.1. The van der Waals surface area contributed by atoms with Crippen molar-refractivity contribution in [1.29, 1.82) is 5.26 Å². The van der Waals surface area contributed by atoms with Gasteiger partial charge < -0.3 is 9.47 Å². The molecule has 0 aliphatic rings. The number of aryl methyl sites for hydroxylation is 1. The van der Waals surface area contributed by atoms with Gasteiger partial charge in [0.2, 0.25) is 5.88 Å². The number of aromatic nitrogens is 2. The molecule has 0 N–H and O–H groups in total. The van der Waals surface area contributed by atoms with E-state index in [0.717, 1.165) is 5.56 Å². The Morgan fingerprint density at radius 3 is 3.00 bits per heavy atom. The third-order valence-electron chi connectivity index (χ3n) is 2.94. The molecule has 0 saturated carbocycles. The number of nitriles is 1. The van der Waals surface area contributed by atoms with Crippen molar-refractivity contribution in [1.82, 2.24) is 9.38 Å². The molecule has 0 aromatic carbocycles. The van der Waals surface area contributed by atoms with Gasteiger partial charge in [-0.3, -0.25) is 4.40 Å². The molecular formula is C16H15N3O3. The molecule has 6 heteroatoms. The number of nitrogens with zero attached hydrogens (tertiary/aromatic N) is 3. The van der Waals surface area contributed by atoms with Gasteiger partial charge in [-0.15, -0.1) is 0 Å². The fraction of sp³-hybridized carbons (Fsp3) is 0.188. The number of hydrogen-bond donors (Lipinski definition) is 0. The molecule has 0 fully saturated rings. The molecule has 22 heavy (non-hydrogen) atoms. The second kappa shape index (κ2) is 6.59. The van der Waals surface area contributed by atoms with E-state index in [1.54, 1.807) is 17.5 Å². The summed E-state index contributed by atoms with van der Waals surface area (Å²) in [5.74, 6) is -0.418. The van der Waals surface area contributed by atoms with Crippen LogP contribution in [0.4, 0.5) is 0 Å². The molecule has 112 valence electrons. The summed E-state index contributed by atoms with van der Waals surface area (Å²) < 4.78 is 11.9. The van der Waals surface area contributed by atoms with Gasteiger partial charge >= 0.3 is 5.97 Å². The quantitative estimate of drug-likeness (QED) is 0.367. The molecule has 2 aromatic rings. The average Bonchev–Trinajstić information content (AvgIpc) is 2.84. The van der Waals surface area contributed by atoms with Gasteiger partial charge in [0, 0.05) is 6.20 Å². The van der Waals surface area contributed by atoms with Gasteiger partial charge in [-0.1, -0.05) is 12.6 Å². The van der Waals surface area contributed by atoms with Gasteiger partial charge in [-0.25, -0.2) is 4.79 Å². The first-order valence-electron chi connectivity index (χ1n) is 6.66. The van der Waals surface area contributed by atoms with Crippen LogP contribution in [0.1, 0.15) is 18.2 Å². The SMILES string of the molecule is C=COc1nc2c(C)cccn2c1C=C(C#N)C(=O)OCC.